The Morgan fingerprint density at radius 1 is 1.26 bits per heavy atom. The first-order valence-corrected chi connectivity index (χ1v) is 15.3. The molecule has 8 nitrogen and oxygen atoms in total. The van der Waals surface area contributed by atoms with Crippen molar-refractivity contribution in [3.8, 4) is 17.5 Å². The molecule has 3 aromatic heterocycles. The van der Waals surface area contributed by atoms with Crippen LogP contribution in [0.15, 0.2) is 47.3 Å². The van der Waals surface area contributed by atoms with E-state index < -0.39 is 8.07 Å². The van der Waals surface area contributed by atoms with Crippen molar-refractivity contribution in [3.63, 3.8) is 0 Å². The van der Waals surface area contributed by atoms with Gasteiger partial charge in [0.15, 0.2) is 17.8 Å². The van der Waals surface area contributed by atoms with Gasteiger partial charge in [-0.05, 0) is 54.3 Å². The summed E-state index contributed by atoms with van der Waals surface area (Å²) in [6.45, 7) is 8.10. The molecule has 0 bridgehead atoms. The van der Waals surface area contributed by atoms with Gasteiger partial charge < -0.3 is 14.5 Å². The van der Waals surface area contributed by atoms with Crippen LogP contribution in [-0.4, -0.2) is 34.4 Å². The molecule has 0 fully saturated rings. The highest BCUT2D eigenvalue weighted by molar-refractivity contribution is 6.76. The van der Waals surface area contributed by atoms with Gasteiger partial charge >= 0.3 is 0 Å². The summed E-state index contributed by atoms with van der Waals surface area (Å²) in [4.78, 5) is 8.96. The van der Waals surface area contributed by atoms with Gasteiger partial charge in [0, 0.05) is 14.7 Å². The number of nitrogens with one attached hydrogen (secondary N) is 1. The number of benzene rings is 1. The van der Waals surface area contributed by atoms with Crippen LogP contribution >= 0.6 is 0 Å². The maximum absolute atomic E-state index is 9.18. The summed E-state index contributed by atoms with van der Waals surface area (Å²) >= 11 is 0. The number of hydrogen-bond donors (Lipinski definition) is 1. The van der Waals surface area contributed by atoms with E-state index in [1.165, 1.54) is 17.5 Å². The van der Waals surface area contributed by atoms with Crippen LogP contribution in [0.3, 0.4) is 0 Å². The van der Waals surface area contributed by atoms with Crippen molar-refractivity contribution in [2.45, 2.75) is 51.3 Å². The Morgan fingerprint density at radius 2 is 2.15 bits per heavy atom. The fourth-order valence-corrected chi connectivity index (χ4v) is 5.04. The van der Waals surface area contributed by atoms with Gasteiger partial charge in [-0.1, -0.05) is 25.7 Å². The third-order valence-electron chi connectivity index (χ3n) is 6.14. The van der Waals surface area contributed by atoms with Gasteiger partial charge in [-0.15, -0.1) is 0 Å². The van der Waals surface area contributed by atoms with Gasteiger partial charge in [-0.25, -0.2) is 14.6 Å². The number of nitrogens with zero attached hydrogens (tertiary/aromatic N) is 5. The van der Waals surface area contributed by atoms with Crippen molar-refractivity contribution >= 4 is 24.9 Å². The number of pyridine rings is 1. The highest BCUT2D eigenvalue weighted by Crippen LogP contribution is 2.35. The van der Waals surface area contributed by atoms with Gasteiger partial charge in [-0.2, -0.15) is 10.4 Å². The van der Waals surface area contributed by atoms with Gasteiger partial charge in [0.25, 0.3) is 0 Å². The monoisotopic (exact) mass is 472 g/mol. The molecule has 0 aliphatic heterocycles. The number of hydrogen-bond acceptors (Lipinski definition) is 7. The number of nitriles is 1. The molecule has 1 N–H and O–H groups in total. The van der Waals surface area contributed by atoms with Crippen molar-refractivity contribution in [2.75, 3.05) is 11.9 Å². The standard InChI is InChI=1S/C25H28N6O2Si/c1-34(2,3)11-10-32-16-31-21-8-9-23(29-24(21)25(30-31)22-14-27-15-33-22)28-20-7-5-18-12-17(13-26)4-6-19(18)20/h4,6,8-9,12,14-15,20H,5,7,10-11,16H2,1-3H3,(H,28,29). The molecule has 174 valence electrons. The van der Waals surface area contributed by atoms with Gasteiger partial charge in [0.2, 0.25) is 0 Å². The molecular weight excluding hydrogens is 444 g/mol. The minimum absolute atomic E-state index is 0.154. The lowest BCUT2D eigenvalue weighted by Crippen LogP contribution is -2.22. The molecule has 3 heterocycles. The molecule has 9 heteroatoms. The van der Waals surface area contributed by atoms with E-state index in [1.54, 1.807) is 6.20 Å². The number of fused-ring (bicyclic) bond motifs is 2. The zero-order valence-electron chi connectivity index (χ0n) is 19.7. The number of ether oxygens (including phenoxy) is 1. The van der Waals surface area contributed by atoms with E-state index in [9.17, 15) is 5.26 Å². The highest BCUT2D eigenvalue weighted by Gasteiger charge is 2.24. The molecule has 0 saturated carbocycles. The molecule has 34 heavy (non-hydrogen) atoms. The summed E-state index contributed by atoms with van der Waals surface area (Å²) in [5, 5.41) is 17.5. The van der Waals surface area contributed by atoms with Crippen LogP contribution in [0.5, 0.6) is 0 Å². The number of aryl methyl sites for hydroxylation is 1. The molecule has 1 unspecified atom stereocenters. The van der Waals surface area contributed by atoms with E-state index in [1.807, 2.05) is 35.0 Å². The SMILES string of the molecule is C[Si](C)(C)CCOCn1nc(-c2cnco2)c2nc(NC3CCc4cc(C#N)ccc43)ccc21. The van der Waals surface area contributed by atoms with Gasteiger partial charge in [-0.3, -0.25) is 0 Å². The average molecular weight is 473 g/mol. The normalized spacial score (nSPS) is 15.4. The van der Waals surface area contributed by atoms with E-state index in [-0.39, 0.29) is 6.04 Å². The third kappa shape index (κ3) is 4.60. The second-order valence-electron chi connectivity index (χ2n) is 9.89. The van der Waals surface area contributed by atoms with E-state index in [0.717, 1.165) is 42.3 Å². The molecule has 0 saturated heterocycles. The lowest BCUT2D eigenvalue weighted by Gasteiger charge is -2.16. The topological polar surface area (TPSA) is 102 Å². The molecule has 1 aliphatic carbocycles. The fourth-order valence-electron chi connectivity index (χ4n) is 4.28. The first kappa shape index (κ1) is 22.3. The van der Waals surface area contributed by atoms with Gasteiger partial charge in [0.1, 0.15) is 18.1 Å². The van der Waals surface area contributed by atoms with Crippen LogP contribution in [0.4, 0.5) is 5.82 Å². The maximum atomic E-state index is 9.18. The van der Waals surface area contributed by atoms with Crippen LogP contribution in [0.25, 0.3) is 22.5 Å². The maximum Gasteiger partial charge on any atom is 0.181 e. The Bertz CT molecular complexity index is 1350. The zero-order valence-corrected chi connectivity index (χ0v) is 20.7. The first-order valence-electron chi connectivity index (χ1n) is 11.5. The molecule has 0 spiro atoms. The van der Waals surface area contributed by atoms with Crippen LogP contribution in [0.1, 0.15) is 29.2 Å². The summed E-state index contributed by atoms with van der Waals surface area (Å²) < 4.78 is 13.3. The molecule has 5 rings (SSSR count). The van der Waals surface area contributed by atoms with Crippen molar-refractivity contribution in [1.82, 2.24) is 19.7 Å². The Balaban J connectivity index is 1.41. The summed E-state index contributed by atoms with van der Waals surface area (Å²) in [5.41, 5.74) is 5.43. The largest absolute Gasteiger partial charge is 0.442 e. The summed E-state index contributed by atoms with van der Waals surface area (Å²) in [6.07, 6.45) is 4.96. The Kier molecular flexibility index (Phi) is 5.94. The smallest absolute Gasteiger partial charge is 0.181 e. The number of rotatable bonds is 8. The lowest BCUT2D eigenvalue weighted by molar-refractivity contribution is 0.0818. The molecule has 1 aromatic carbocycles. The molecular formula is C25H28N6O2Si. The number of anilines is 1. The minimum atomic E-state index is -1.16. The molecule has 0 radical (unpaired) electrons. The number of oxazole rings is 1. The second-order valence-corrected chi connectivity index (χ2v) is 15.5. The first-order chi connectivity index (χ1) is 16.4. The zero-order chi connectivity index (χ0) is 23.7. The second kappa shape index (κ2) is 9.04. The van der Waals surface area contributed by atoms with Crippen LogP contribution in [-0.2, 0) is 17.9 Å². The highest BCUT2D eigenvalue weighted by atomic mass is 28.3. The quantitative estimate of drug-likeness (QED) is 0.272. The lowest BCUT2D eigenvalue weighted by atomic mass is 10.1. The average Bonchev–Trinajstić information content (AvgIpc) is 3.55. The van der Waals surface area contributed by atoms with Crippen LogP contribution in [0, 0.1) is 11.3 Å². The molecule has 4 aromatic rings. The van der Waals surface area contributed by atoms with E-state index in [0.29, 0.717) is 23.7 Å². The fraction of sp³-hybridized carbons (Fsp3) is 0.360. The van der Waals surface area contributed by atoms with E-state index in [2.05, 4.69) is 36.0 Å². The van der Waals surface area contributed by atoms with Crippen molar-refractivity contribution in [3.05, 3.63) is 59.6 Å². The van der Waals surface area contributed by atoms with E-state index in [4.69, 9.17) is 19.2 Å². The van der Waals surface area contributed by atoms with Crippen molar-refractivity contribution in [2.24, 2.45) is 0 Å². The predicted octanol–water partition coefficient (Wildman–Crippen LogP) is 5.37. The Morgan fingerprint density at radius 3 is 2.91 bits per heavy atom. The van der Waals surface area contributed by atoms with E-state index >= 15 is 0 Å². The van der Waals surface area contributed by atoms with Crippen molar-refractivity contribution in [1.29, 1.82) is 5.26 Å². The third-order valence-corrected chi connectivity index (χ3v) is 7.85. The Hall–Kier alpha value is -3.48. The summed E-state index contributed by atoms with van der Waals surface area (Å²) in [5.74, 6) is 1.35. The molecule has 1 atom stereocenters. The minimum Gasteiger partial charge on any atom is -0.442 e. The predicted molar refractivity (Wildman–Crippen MR) is 133 cm³/mol. The molecule has 1 aliphatic rings. The van der Waals surface area contributed by atoms with Crippen LogP contribution < -0.4 is 5.32 Å². The number of aromatic nitrogens is 4. The van der Waals surface area contributed by atoms with Gasteiger partial charge in [0.05, 0.1) is 29.4 Å². The Labute approximate surface area is 199 Å². The van der Waals surface area contributed by atoms with Crippen LogP contribution in [0.2, 0.25) is 25.7 Å². The molecule has 0 amide bonds. The summed E-state index contributed by atoms with van der Waals surface area (Å²) in [7, 11) is -1.16. The summed E-state index contributed by atoms with van der Waals surface area (Å²) in [6, 6.07) is 13.4. The van der Waals surface area contributed by atoms with Crippen molar-refractivity contribution < 1.29 is 9.15 Å².